The fourth-order valence-electron chi connectivity index (χ4n) is 5.06. The first kappa shape index (κ1) is 24.4. The summed E-state index contributed by atoms with van der Waals surface area (Å²) in [6, 6.07) is 17.1. The molecular formula is C28H32N4O3. The molecule has 0 saturated heterocycles. The number of nitrogens with one attached hydrogen (secondary N) is 1. The first-order chi connectivity index (χ1) is 16.7. The molecule has 2 aromatic carbocycles. The van der Waals surface area contributed by atoms with Crippen molar-refractivity contribution in [1.82, 2.24) is 5.32 Å². The van der Waals surface area contributed by atoms with Gasteiger partial charge in [0.25, 0.3) is 5.91 Å². The molecule has 0 bridgehead atoms. The van der Waals surface area contributed by atoms with E-state index in [0.717, 1.165) is 11.1 Å². The number of hydrogen-bond acceptors (Lipinski definition) is 4. The minimum atomic E-state index is -1.14. The third-order valence-electron chi connectivity index (χ3n) is 6.98. The molecule has 2 atom stereocenters. The summed E-state index contributed by atoms with van der Waals surface area (Å²) in [6.07, 6.45) is 3.97. The first-order valence-electron chi connectivity index (χ1n) is 12.0. The van der Waals surface area contributed by atoms with Gasteiger partial charge in [0.2, 0.25) is 18.0 Å². The highest BCUT2D eigenvalue weighted by molar-refractivity contribution is 6.20. The Morgan fingerprint density at radius 1 is 1.09 bits per heavy atom. The van der Waals surface area contributed by atoms with Gasteiger partial charge < -0.3 is 16.0 Å². The molecule has 7 nitrogen and oxygen atoms in total. The Labute approximate surface area is 206 Å². The van der Waals surface area contributed by atoms with Crippen molar-refractivity contribution in [3.05, 3.63) is 77.9 Å². The topological polar surface area (TPSA) is 105 Å². The van der Waals surface area contributed by atoms with Crippen molar-refractivity contribution in [2.24, 2.45) is 28.0 Å². The van der Waals surface area contributed by atoms with Crippen LogP contribution in [0.4, 0.5) is 5.69 Å². The van der Waals surface area contributed by atoms with Gasteiger partial charge in [-0.3, -0.25) is 14.4 Å². The number of anilines is 1. The molecule has 182 valence electrons. The van der Waals surface area contributed by atoms with Crippen LogP contribution in [0.3, 0.4) is 0 Å². The van der Waals surface area contributed by atoms with E-state index in [-0.39, 0.29) is 17.7 Å². The van der Waals surface area contributed by atoms with Crippen molar-refractivity contribution in [1.29, 1.82) is 0 Å². The molecule has 1 heterocycles. The number of rotatable bonds is 7. The standard InChI is InChI=1S/C28H32N4O3/c1-18(2)17-21(28(27(29)35)15-9-10-16-28)25(33)31-24-26(34)32(3)22-14-8-7-13-20(22)23(30-24)19-11-5-4-6-12-19/h4-14,18,21,24H,15-17H2,1-3H3,(H2,29,35)(H,31,33). The van der Waals surface area contributed by atoms with Crippen molar-refractivity contribution in [2.75, 3.05) is 11.9 Å². The maximum atomic E-state index is 13.7. The number of benzodiazepines with no additional fused rings is 1. The molecule has 4 rings (SSSR count). The highest BCUT2D eigenvalue weighted by Gasteiger charge is 2.49. The van der Waals surface area contributed by atoms with E-state index in [2.05, 4.69) is 5.32 Å². The summed E-state index contributed by atoms with van der Waals surface area (Å²) in [5.74, 6) is -1.74. The van der Waals surface area contributed by atoms with Gasteiger partial charge in [0.05, 0.1) is 22.7 Å². The number of likely N-dealkylation sites (N-methyl/N-ethyl adjacent to an activating group) is 1. The molecule has 2 aromatic rings. The van der Waals surface area contributed by atoms with Crippen molar-refractivity contribution in [2.45, 2.75) is 39.3 Å². The first-order valence-corrected chi connectivity index (χ1v) is 12.0. The second kappa shape index (κ2) is 9.86. The van der Waals surface area contributed by atoms with Gasteiger partial charge in [0, 0.05) is 18.2 Å². The number of carbonyl (C=O) groups is 3. The Bertz CT molecular complexity index is 1180. The molecule has 3 amide bonds. The average Bonchev–Trinajstić information content (AvgIpc) is 3.32. The number of allylic oxidation sites excluding steroid dienone is 2. The number of para-hydroxylation sites is 1. The number of hydrogen-bond donors (Lipinski definition) is 2. The van der Waals surface area contributed by atoms with Crippen LogP contribution in [-0.2, 0) is 14.4 Å². The summed E-state index contributed by atoms with van der Waals surface area (Å²) >= 11 is 0. The number of carbonyl (C=O) groups excluding carboxylic acids is 3. The summed E-state index contributed by atoms with van der Waals surface area (Å²) in [5.41, 5.74) is 7.83. The smallest absolute Gasteiger partial charge is 0.272 e. The van der Waals surface area contributed by atoms with Crippen molar-refractivity contribution < 1.29 is 14.4 Å². The number of nitrogens with two attached hydrogens (primary N) is 1. The lowest BCUT2D eigenvalue weighted by molar-refractivity contribution is -0.141. The van der Waals surface area contributed by atoms with Crippen LogP contribution < -0.4 is 16.0 Å². The Morgan fingerprint density at radius 3 is 2.34 bits per heavy atom. The summed E-state index contributed by atoms with van der Waals surface area (Å²) in [4.78, 5) is 46.1. The lowest BCUT2D eigenvalue weighted by atomic mass is 9.69. The number of primary amides is 1. The Hall–Kier alpha value is -3.74. The average molecular weight is 473 g/mol. The number of nitrogens with zero attached hydrogens (tertiary/aromatic N) is 2. The largest absolute Gasteiger partial charge is 0.369 e. The van der Waals surface area contributed by atoms with Crippen molar-refractivity contribution in [3.63, 3.8) is 0 Å². The maximum absolute atomic E-state index is 13.7. The van der Waals surface area contributed by atoms with E-state index in [1.54, 1.807) is 7.05 Å². The van der Waals surface area contributed by atoms with Gasteiger partial charge in [-0.1, -0.05) is 74.5 Å². The van der Waals surface area contributed by atoms with Gasteiger partial charge in [-0.2, -0.15) is 0 Å². The number of fused-ring (bicyclic) bond motifs is 1. The highest BCUT2D eigenvalue weighted by Crippen LogP contribution is 2.43. The molecule has 2 aliphatic rings. The molecule has 1 aliphatic heterocycles. The minimum absolute atomic E-state index is 0.155. The van der Waals surface area contributed by atoms with Gasteiger partial charge in [0.15, 0.2) is 0 Å². The molecule has 0 spiro atoms. The molecule has 7 heteroatoms. The molecule has 2 unspecified atom stereocenters. The number of benzene rings is 2. The van der Waals surface area contributed by atoms with Crippen molar-refractivity contribution >= 4 is 29.1 Å². The predicted molar refractivity (Wildman–Crippen MR) is 137 cm³/mol. The number of aliphatic imine (C=N–C) groups is 1. The third kappa shape index (κ3) is 4.63. The zero-order chi connectivity index (χ0) is 25.2. The summed E-state index contributed by atoms with van der Waals surface area (Å²) in [7, 11) is 1.68. The van der Waals surface area contributed by atoms with Crippen LogP contribution in [0.1, 0.15) is 44.2 Å². The van der Waals surface area contributed by atoms with Gasteiger partial charge in [-0.15, -0.1) is 0 Å². The molecule has 0 fully saturated rings. The molecule has 0 radical (unpaired) electrons. The van der Waals surface area contributed by atoms with Crippen LogP contribution in [0.5, 0.6) is 0 Å². The lowest BCUT2D eigenvalue weighted by Crippen LogP contribution is -2.53. The molecular weight excluding hydrogens is 440 g/mol. The van der Waals surface area contributed by atoms with E-state index in [4.69, 9.17) is 10.7 Å². The fraction of sp³-hybridized carbons (Fsp3) is 0.357. The lowest BCUT2D eigenvalue weighted by Gasteiger charge is -2.35. The zero-order valence-electron chi connectivity index (χ0n) is 20.4. The fourth-order valence-corrected chi connectivity index (χ4v) is 5.06. The van der Waals surface area contributed by atoms with E-state index in [1.807, 2.05) is 80.6 Å². The Balaban J connectivity index is 1.74. The van der Waals surface area contributed by atoms with E-state index < -0.39 is 23.4 Å². The molecule has 1 aliphatic carbocycles. The van der Waals surface area contributed by atoms with E-state index >= 15 is 0 Å². The van der Waals surface area contributed by atoms with Gasteiger partial charge in [-0.25, -0.2) is 4.99 Å². The van der Waals surface area contributed by atoms with Crippen molar-refractivity contribution in [3.8, 4) is 0 Å². The van der Waals surface area contributed by atoms with Gasteiger partial charge >= 0.3 is 0 Å². The van der Waals surface area contributed by atoms with Gasteiger partial charge in [-0.05, 0) is 31.2 Å². The van der Waals surface area contributed by atoms with Crippen LogP contribution in [0.25, 0.3) is 0 Å². The van der Waals surface area contributed by atoms with Crippen LogP contribution in [0.15, 0.2) is 71.7 Å². The third-order valence-corrected chi connectivity index (χ3v) is 6.98. The molecule has 0 saturated carbocycles. The second-order valence-electron chi connectivity index (χ2n) is 9.75. The SMILES string of the molecule is CC(C)CC(C(=O)NC1N=C(c2ccccc2)c2ccccc2N(C)C1=O)C1(C(N)=O)CC=CC1. The Kier molecular flexibility index (Phi) is 6.87. The highest BCUT2D eigenvalue weighted by atomic mass is 16.2. The molecule has 35 heavy (non-hydrogen) atoms. The van der Waals surface area contributed by atoms with Crippen LogP contribution in [-0.4, -0.2) is 36.6 Å². The van der Waals surface area contributed by atoms with E-state index in [0.29, 0.717) is 30.7 Å². The Morgan fingerprint density at radius 2 is 1.71 bits per heavy atom. The van der Waals surface area contributed by atoms with Gasteiger partial charge in [0.1, 0.15) is 0 Å². The monoisotopic (exact) mass is 472 g/mol. The molecule has 3 N–H and O–H groups in total. The van der Waals surface area contributed by atoms with E-state index in [1.165, 1.54) is 4.90 Å². The predicted octanol–water partition coefficient (Wildman–Crippen LogP) is 3.43. The minimum Gasteiger partial charge on any atom is -0.369 e. The summed E-state index contributed by atoms with van der Waals surface area (Å²) in [6.45, 7) is 4.01. The normalized spacial score (nSPS) is 19.7. The quantitative estimate of drug-likeness (QED) is 0.603. The molecule has 0 aromatic heterocycles. The van der Waals surface area contributed by atoms with Crippen LogP contribution in [0.2, 0.25) is 0 Å². The second-order valence-corrected chi connectivity index (χ2v) is 9.75. The van der Waals surface area contributed by atoms with E-state index in [9.17, 15) is 14.4 Å². The zero-order valence-corrected chi connectivity index (χ0v) is 20.4. The number of amides is 3. The summed E-state index contributed by atoms with van der Waals surface area (Å²) < 4.78 is 0. The summed E-state index contributed by atoms with van der Waals surface area (Å²) in [5, 5.41) is 2.88. The van der Waals surface area contributed by atoms with Crippen LogP contribution in [0, 0.1) is 17.3 Å². The maximum Gasteiger partial charge on any atom is 0.272 e. The van der Waals surface area contributed by atoms with Crippen LogP contribution >= 0.6 is 0 Å².